The van der Waals surface area contributed by atoms with Crippen LogP contribution in [0.1, 0.15) is 29.6 Å². The van der Waals surface area contributed by atoms with Crippen molar-refractivity contribution in [3.8, 4) is 0 Å². The number of hydrogen-bond donors (Lipinski definition) is 1. The van der Waals surface area contributed by atoms with Crippen LogP contribution < -0.4 is 0 Å². The third-order valence-electron chi connectivity index (χ3n) is 4.41. The molecule has 1 saturated heterocycles. The number of carboxylic acids is 1. The average molecular weight is 329 g/mol. The fourth-order valence-corrected chi connectivity index (χ4v) is 4.05. The molecule has 1 aromatic rings. The molecule has 1 aliphatic carbocycles. The van der Waals surface area contributed by atoms with E-state index in [4.69, 9.17) is 23.2 Å². The van der Waals surface area contributed by atoms with Crippen molar-refractivity contribution in [3.63, 3.8) is 0 Å². The highest BCUT2D eigenvalue weighted by Crippen LogP contribution is 2.42. The van der Waals surface area contributed by atoms with Crippen LogP contribution in [0.2, 0.25) is 10.3 Å². The lowest BCUT2D eigenvalue weighted by molar-refractivity contribution is -0.142. The van der Waals surface area contributed by atoms with Gasteiger partial charge in [0.25, 0.3) is 5.91 Å². The molecule has 1 aliphatic heterocycles. The number of fused-ring (bicyclic) bond motifs is 1. The maximum absolute atomic E-state index is 12.6. The summed E-state index contributed by atoms with van der Waals surface area (Å²) in [6.45, 7) is 0.484. The fraction of sp³-hybridized carbons (Fsp3) is 0.500. The first kappa shape index (κ1) is 14.6. The molecule has 0 radical (unpaired) electrons. The van der Waals surface area contributed by atoms with E-state index in [0.717, 1.165) is 19.3 Å². The second-order valence-electron chi connectivity index (χ2n) is 5.60. The molecule has 2 aliphatic rings. The van der Waals surface area contributed by atoms with Gasteiger partial charge in [0.15, 0.2) is 0 Å². The Morgan fingerprint density at radius 1 is 1.24 bits per heavy atom. The molecule has 1 N–H and O–H groups in total. The summed E-state index contributed by atoms with van der Waals surface area (Å²) in [4.78, 5) is 29.4. The topological polar surface area (TPSA) is 70.5 Å². The van der Waals surface area contributed by atoms with E-state index >= 15 is 0 Å². The SMILES string of the molecule is O=C(O)C1C2CCCC2CN1C(=O)c1cc(Cl)nc(Cl)c1. The number of rotatable bonds is 2. The molecule has 5 nitrogen and oxygen atoms in total. The molecule has 2 fully saturated rings. The Morgan fingerprint density at radius 2 is 1.90 bits per heavy atom. The number of aromatic nitrogens is 1. The number of carbonyl (C=O) groups excluding carboxylic acids is 1. The largest absolute Gasteiger partial charge is 0.480 e. The van der Waals surface area contributed by atoms with E-state index in [1.54, 1.807) is 0 Å². The summed E-state index contributed by atoms with van der Waals surface area (Å²) in [7, 11) is 0. The maximum atomic E-state index is 12.6. The quantitative estimate of drug-likeness (QED) is 0.847. The van der Waals surface area contributed by atoms with Gasteiger partial charge in [-0.2, -0.15) is 0 Å². The van der Waals surface area contributed by atoms with Crippen molar-refractivity contribution in [2.45, 2.75) is 25.3 Å². The van der Waals surface area contributed by atoms with E-state index < -0.39 is 12.0 Å². The zero-order valence-corrected chi connectivity index (χ0v) is 12.6. The second kappa shape index (κ2) is 5.46. The van der Waals surface area contributed by atoms with Crippen molar-refractivity contribution in [1.82, 2.24) is 9.88 Å². The summed E-state index contributed by atoms with van der Waals surface area (Å²) >= 11 is 11.6. The Labute approximate surface area is 131 Å². The number of nitrogens with zero attached hydrogens (tertiary/aromatic N) is 2. The van der Waals surface area contributed by atoms with Gasteiger partial charge in [0.2, 0.25) is 0 Å². The summed E-state index contributed by atoms with van der Waals surface area (Å²) in [5, 5.41) is 9.72. The predicted octanol–water partition coefficient (Wildman–Crippen LogP) is 2.71. The number of pyridine rings is 1. The third kappa shape index (κ3) is 2.60. The minimum absolute atomic E-state index is 0.0548. The molecule has 3 rings (SSSR count). The maximum Gasteiger partial charge on any atom is 0.326 e. The van der Waals surface area contributed by atoms with Gasteiger partial charge in [-0.25, -0.2) is 9.78 Å². The summed E-state index contributed by atoms with van der Waals surface area (Å²) < 4.78 is 0. The van der Waals surface area contributed by atoms with Gasteiger partial charge < -0.3 is 10.0 Å². The highest BCUT2D eigenvalue weighted by Gasteiger charge is 2.49. The van der Waals surface area contributed by atoms with E-state index in [1.165, 1.54) is 17.0 Å². The van der Waals surface area contributed by atoms with E-state index in [-0.39, 0.29) is 33.6 Å². The highest BCUT2D eigenvalue weighted by molar-refractivity contribution is 6.33. The predicted molar refractivity (Wildman–Crippen MR) is 77.5 cm³/mol. The van der Waals surface area contributed by atoms with Crippen molar-refractivity contribution in [3.05, 3.63) is 28.0 Å². The van der Waals surface area contributed by atoms with Gasteiger partial charge >= 0.3 is 5.97 Å². The van der Waals surface area contributed by atoms with Gasteiger partial charge in [0.05, 0.1) is 0 Å². The Hall–Kier alpha value is -1.33. The second-order valence-corrected chi connectivity index (χ2v) is 6.37. The van der Waals surface area contributed by atoms with Gasteiger partial charge in [0.1, 0.15) is 16.3 Å². The van der Waals surface area contributed by atoms with Gasteiger partial charge in [0, 0.05) is 12.1 Å². The smallest absolute Gasteiger partial charge is 0.326 e. The number of hydrogen-bond acceptors (Lipinski definition) is 3. The molecule has 1 aromatic heterocycles. The molecule has 0 aromatic carbocycles. The number of aliphatic carboxylic acids is 1. The van der Waals surface area contributed by atoms with E-state index in [2.05, 4.69) is 4.98 Å². The van der Waals surface area contributed by atoms with Crippen LogP contribution in [0.4, 0.5) is 0 Å². The zero-order chi connectivity index (χ0) is 15.1. The Morgan fingerprint density at radius 3 is 2.52 bits per heavy atom. The van der Waals surface area contributed by atoms with Crippen molar-refractivity contribution in [2.75, 3.05) is 6.54 Å². The summed E-state index contributed by atoms with van der Waals surface area (Å²) in [6.07, 6.45) is 2.88. The van der Waals surface area contributed by atoms with E-state index in [9.17, 15) is 14.7 Å². The first-order chi connectivity index (χ1) is 9.97. The molecular formula is C14H14Cl2N2O3. The minimum Gasteiger partial charge on any atom is -0.480 e. The van der Waals surface area contributed by atoms with Gasteiger partial charge in [-0.1, -0.05) is 29.6 Å². The number of carboxylic acid groups (broad SMARTS) is 1. The molecule has 1 amide bonds. The molecule has 0 bridgehead atoms. The molecule has 1 saturated carbocycles. The normalized spacial score (nSPS) is 27.7. The lowest BCUT2D eigenvalue weighted by atomic mass is 9.94. The standard InChI is InChI=1S/C14H14Cl2N2O3/c15-10-4-8(5-11(16)17-10)13(19)18-6-7-2-1-3-9(7)12(18)14(20)21/h4-5,7,9,12H,1-3,6H2,(H,20,21). The first-order valence-electron chi connectivity index (χ1n) is 6.84. The van der Waals surface area contributed by atoms with Crippen molar-refractivity contribution >= 4 is 35.1 Å². The minimum atomic E-state index is -0.941. The fourth-order valence-electron chi connectivity index (χ4n) is 3.59. The molecule has 7 heteroatoms. The number of halogens is 2. The van der Waals surface area contributed by atoms with Crippen LogP contribution >= 0.6 is 23.2 Å². The number of amides is 1. The number of carbonyl (C=O) groups is 2. The zero-order valence-electron chi connectivity index (χ0n) is 11.1. The molecule has 3 unspecified atom stereocenters. The van der Waals surface area contributed by atoms with Gasteiger partial charge in [-0.15, -0.1) is 0 Å². The lowest BCUT2D eigenvalue weighted by Crippen LogP contribution is -2.43. The molecular weight excluding hydrogens is 315 g/mol. The molecule has 3 atom stereocenters. The van der Waals surface area contributed by atoms with Crippen LogP contribution in [0.5, 0.6) is 0 Å². The van der Waals surface area contributed by atoms with Crippen LogP contribution in [0, 0.1) is 11.8 Å². The molecule has 21 heavy (non-hydrogen) atoms. The third-order valence-corrected chi connectivity index (χ3v) is 4.80. The highest BCUT2D eigenvalue weighted by atomic mass is 35.5. The Bertz CT molecular complexity index is 588. The van der Waals surface area contributed by atoms with E-state index in [0.29, 0.717) is 6.54 Å². The monoisotopic (exact) mass is 328 g/mol. The average Bonchev–Trinajstić information content (AvgIpc) is 2.95. The van der Waals surface area contributed by atoms with Gasteiger partial charge in [-0.3, -0.25) is 4.79 Å². The summed E-state index contributed by atoms with van der Waals surface area (Å²) in [6, 6.07) is 2.08. The van der Waals surface area contributed by atoms with Crippen LogP contribution in [0.25, 0.3) is 0 Å². The molecule has 0 spiro atoms. The van der Waals surface area contributed by atoms with E-state index in [1.807, 2.05) is 0 Å². The van der Waals surface area contributed by atoms with Gasteiger partial charge in [-0.05, 0) is 36.8 Å². The van der Waals surface area contributed by atoms with Crippen molar-refractivity contribution in [2.24, 2.45) is 11.8 Å². The van der Waals surface area contributed by atoms with Crippen molar-refractivity contribution in [1.29, 1.82) is 0 Å². The van der Waals surface area contributed by atoms with Crippen LogP contribution in [0.15, 0.2) is 12.1 Å². The Balaban J connectivity index is 1.91. The summed E-state index contributed by atoms with van der Waals surface area (Å²) in [5.74, 6) is -0.950. The summed E-state index contributed by atoms with van der Waals surface area (Å²) in [5.41, 5.74) is 0.284. The molecule has 112 valence electrons. The number of likely N-dealkylation sites (tertiary alicyclic amines) is 1. The van der Waals surface area contributed by atoms with Crippen LogP contribution in [0.3, 0.4) is 0 Å². The Kier molecular flexibility index (Phi) is 3.80. The lowest BCUT2D eigenvalue weighted by Gasteiger charge is -2.24. The molecule has 2 heterocycles. The van der Waals surface area contributed by atoms with Crippen molar-refractivity contribution < 1.29 is 14.7 Å². The van der Waals surface area contributed by atoms with Crippen LogP contribution in [-0.4, -0.2) is 39.5 Å². The van der Waals surface area contributed by atoms with Crippen LogP contribution in [-0.2, 0) is 4.79 Å². The first-order valence-corrected chi connectivity index (χ1v) is 7.60.